The third-order valence-corrected chi connectivity index (χ3v) is 4.00. The molecule has 1 aliphatic rings. The van der Waals surface area contributed by atoms with Crippen molar-refractivity contribution in [2.45, 2.75) is 32.3 Å². The highest BCUT2D eigenvalue weighted by atomic mass is 16.4. The van der Waals surface area contributed by atoms with E-state index < -0.39 is 0 Å². The van der Waals surface area contributed by atoms with Crippen molar-refractivity contribution in [2.75, 3.05) is 6.54 Å². The van der Waals surface area contributed by atoms with Crippen LogP contribution in [0.5, 0.6) is 0 Å². The minimum Gasteiger partial charge on any atom is -0.456 e. The molecule has 2 N–H and O–H groups in total. The van der Waals surface area contributed by atoms with Gasteiger partial charge in [-0.3, -0.25) is 9.78 Å². The molecule has 0 aliphatic heterocycles. The molecule has 0 bridgehead atoms. The fraction of sp³-hybridized carbons (Fsp3) is 0.375. The number of carbonyl (C=O) groups excluding carboxylic acids is 1. The summed E-state index contributed by atoms with van der Waals surface area (Å²) in [5.74, 6) is 0.840. The number of furan rings is 1. The topological polar surface area (TPSA) is 75.4 Å². The molecule has 1 atom stereocenters. The SMILES string of the molecule is Cc1oc(C(=O)NCC2CCc3cccnc32)cc1CO. The highest BCUT2D eigenvalue weighted by Crippen LogP contribution is 2.30. The average Bonchev–Trinajstić information content (AvgIpc) is 3.08. The first-order chi connectivity index (χ1) is 10.2. The first kappa shape index (κ1) is 13.8. The Morgan fingerprint density at radius 1 is 1.57 bits per heavy atom. The van der Waals surface area contributed by atoms with E-state index >= 15 is 0 Å². The second-order valence-electron chi connectivity index (χ2n) is 5.34. The van der Waals surface area contributed by atoms with Crippen LogP contribution in [0, 0.1) is 6.92 Å². The van der Waals surface area contributed by atoms with Crippen LogP contribution in [-0.2, 0) is 13.0 Å². The highest BCUT2D eigenvalue weighted by molar-refractivity contribution is 5.91. The summed E-state index contributed by atoms with van der Waals surface area (Å²) in [5.41, 5.74) is 3.01. The Morgan fingerprint density at radius 3 is 3.19 bits per heavy atom. The number of aliphatic hydroxyl groups excluding tert-OH is 1. The van der Waals surface area contributed by atoms with E-state index in [9.17, 15) is 4.79 Å². The number of hydrogen-bond acceptors (Lipinski definition) is 4. The van der Waals surface area contributed by atoms with Gasteiger partial charge in [-0.25, -0.2) is 0 Å². The molecule has 3 rings (SSSR count). The van der Waals surface area contributed by atoms with Crippen molar-refractivity contribution < 1.29 is 14.3 Å². The van der Waals surface area contributed by atoms with Gasteiger partial charge in [0.1, 0.15) is 5.76 Å². The van der Waals surface area contributed by atoms with E-state index in [1.54, 1.807) is 19.2 Å². The lowest BCUT2D eigenvalue weighted by Gasteiger charge is -2.11. The van der Waals surface area contributed by atoms with E-state index in [0.717, 1.165) is 18.5 Å². The lowest BCUT2D eigenvalue weighted by atomic mass is 10.1. The summed E-state index contributed by atoms with van der Waals surface area (Å²) in [7, 11) is 0. The molecule has 2 heterocycles. The van der Waals surface area contributed by atoms with Gasteiger partial charge in [-0.05, 0) is 37.5 Å². The summed E-state index contributed by atoms with van der Waals surface area (Å²) >= 11 is 0. The van der Waals surface area contributed by atoms with Gasteiger partial charge in [0.15, 0.2) is 5.76 Å². The molecule has 0 aromatic carbocycles. The molecule has 1 aliphatic carbocycles. The minimum absolute atomic E-state index is 0.122. The maximum Gasteiger partial charge on any atom is 0.287 e. The highest BCUT2D eigenvalue weighted by Gasteiger charge is 2.24. The van der Waals surface area contributed by atoms with E-state index in [4.69, 9.17) is 9.52 Å². The molecule has 5 nitrogen and oxygen atoms in total. The summed E-state index contributed by atoms with van der Waals surface area (Å²) in [6.07, 6.45) is 3.81. The maximum atomic E-state index is 12.1. The van der Waals surface area contributed by atoms with Crippen molar-refractivity contribution in [3.8, 4) is 0 Å². The fourth-order valence-electron chi connectivity index (χ4n) is 2.79. The molecule has 1 amide bonds. The number of nitrogens with zero attached hydrogens (tertiary/aromatic N) is 1. The number of aromatic nitrogens is 1. The molecule has 0 saturated carbocycles. The molecule has 0 radical (unpaired) electrons. The molecule has 0 fully saturated rings. The van der Waals surface area contributed by atoms with E-state index in [1.165, 1.54) is 5.56 Å². The van der Waals surface area contributed by atoms with Crippen LogP contribution >= 0.6 is 0 Å². The molecule has 2 aromatic heterocycles. The summed E-state index contributed by atoms with van der Waals surface area (Å²) in [6, 6.07) is 5.63. The number of aryl methyl sites for hydroxylation is 2. The van der Waals surface area contributed by atoms with Gasteiger partial charge < -0.3 is 14.8 Å². The number of amides is 1. The second-order valence-corrected chi connectivity index (χ2v) is 5.34. The first-order valence-corrected chi connectivity index (χ1v) is 7.11. The molecule has 5 heteroatoms. The van der Waals surface area contributed by atoms with Crippen molar-refractivity contribution >= 4 is 5.91 Å². The fourth-order valence-corrected chi connectivity index (χ4v) is 2.79. The molecule has 0 spiro atoms. The zero-order chi connectivity index (χ0) is 14.8. The van der Waals surface area contributed by atoms with Crippen LogP contribution in [0.3, 0.4) is 0 Å². The van der Waals surface area contributed by atoms with Crippen LogP contribution in [0.4, 0.5) is 0 Å². The molecule has 110 valence electrons. The second kappa shape index (κ2) is 5.69. The number of rotatable bonds is 4. The van der Waals surface area contributed by atoms with E-state index in [2.05, 4.69) is 16.4 Å². The van der Waals surface area contributed by atoms with Crippen LogP contribution in [0.15, 0.2) is 28.8 Å². The van der Waals surface area contributed by atoms with Gasteiger partial charge in [0.25, 0.3) is 5.91 Å². The van der Waals surface area contributed by atoms with Gasteiger partial charge in [-0.1, -0.05) is 6.07 Å². The monoisotopic (exact) mass is 286 g/mol. The Kier molecular flexibility index (Phi) is 3.75. The number of fused-ring (bicyclic) bond motifs is 1. The lowest BCUT2D eigenvalue weighted by Crippen LogP contribution is -2.27. The third-order valence-electron chi connectivity index (χ3n) is 4.00. The van der Waals surface area contributed by atoms with Crippen LogP contribution in [-0.4, -0.2) is 22.5 Å². The van der Waals surface area contributed by atoms with Crippen LogP contribution in [0.25, 0.3) is 0 Å². The van der Waals surface area contributed by atoms with Crippen molar-refractivity contribution in [3.05, 3.63) is 52.7 Å². The Balaban J connectivity index is 1.64. The summed E-state index contributed by atoms with van der Waals surface area (Å²) in [4.78, 5) is 16.5. The predicted octanol–water partition coefficient (Wildman–Crippen LogP) is 1.94. The van der Waals surface area contributed by atoms with Gasteiger partial charge in [0.2, 0.25) is 0 Å². The van der Waals surface area contributed by atoms with Gasteiger partial charge >= 0.3 is 0 Å². The number of nitrogens with one attached hydrogen (secondary N) is 1. The van der Waals surface area contributed by atoms with E-state index in [0.29, 0.717) is 17.9 Å². The standard InChI is InChI=1S/C16H18N2O3/c1-10-13(9-19)7-14(21-10)16(20)18-8-12-5-4-11-3-2-6-17-15(11)12/h2-3,6-7,12,19H,4-5,8-9H2,1H3,(H,18,20). The van der Waals surface area contributed by atoms with Gasteiger partial charge in [0.05, 0.1) is 6.61 Å². The minimum atomic E-state index is -0.248. The van der Waals surface area contributed by atoms with Crippen LogP contribution in [0.1, 0.15) is 45.5 Å². The number of aliphatic hydroxyl groups is 1. The Bertz CT molecular complexity index is 663. The molecule has 2 aromatic rings. The van der Waals surface area contributed by atoms with E-state index in [-0.39, 0.29) is 24.2 Å². The Morgan fingerprint density at radius 2 is 2.43 bits per heavy atom. The normalized spacial score (nSPS) is 16.8. The van der Waals surface area contributed by atoms with Crippen molar-refractivity contribution in [2.24, 2.45) is 0 Å². The van der Waals surface area contributed by atoms with Gasteiger partial charge in [0, 0.05) is 29.9 Å². The first-order valence-electron chi connectivity index (χ1n) is 7.11. The van der Waals surface area contributed by atoms with Crippen molar-refractivity contribution in [3.63, 3.8) is 0 Å². The Labute approximate surface area is 123 Å². The summed E-state index contributed by atoms with van der Waals surface area (Å²) < 4.78 is 5.36. The molecule has 21 heavy (non-hydrogen) atoms. The molecule has 0 saturated heterocycles. The van der Waals surface area contributed by atoms with Crippen LogP contribution in [0.2, 0.25) is 0 Å². The van der Waals surface area contributed by atoms with Crippen molar-refractivity contribution in [1.82, 2.24) is 10.3 Å². The largest absolute Gasteiger partial charge is 0.456 e. The van der Waals surface area contributed by atoms with Gasteiger partial charge in [-0.15, -0.1) is 0 Å². The molecule has 1 unspecified atom stereocenters. The molecular formula is C16H18N2O3. The smallest absolute Gasteiger partial charge is 0.287 e. The average molecular weight is 286 g/mol. The van der Waals surface area contributed by atoms with Crippen molar-refractivity contribution in [1.29, 1.82) is 0 Å². The molecular weight excluding hydrogens is 268 g/mol. The number of carbonyl (C=O) groups is 1. The predicted molar refractivity (Wildman–Crippen MR) is 77.0 cm³/mol. The van der Waals surface area contributed by atoms with Gasteiger partial charge in [-0.2, -0.15) is 0 Å². The maximum absolute atomic E-state index is 12.1. The summed E-state index contributed by atoms with van der Waals surface area (Å²) in [6.45, 7) is 2.17. The van der Waals surface area contributed by atoms with E-state index in [1.807, 2.05) is 6.07 Å². The summed E-state index contributed by atoms with van der Waals surface area (Å²) in [5, 5.41) is 12.0. The Hall–Kier alpha value is -2.14. The van der Waals surface area contributed by atoms with Crippen LogP contribution < -0.4 is 5.32 Å². The quantitative estimate of drug-likeness (QED) is 0.900. The number of pyridine rings is 1. The number of hydrogen-bond donors (Lipinski definition) is 2. The third kappa shape index (κ3) is 2.69. The zero-order valence-corrected chi connectivity index (χ0v) is 11.9. The lowest BCUT2D eigenvalue weighted by molar-refractivity contribution is 0.0922. The zero-order valence-electron chi connectivity index (χ0n) is 11.9.